The van der Waals surface area contributed by atoms with Crippen molar-refractivity contribution in [3.05, 3.63) is 107 Å². The quantitative estimate of drug-likeness (QED) is 0.357. The van der Waals surface area contributed by atoms with Gasteiger partial charge in [0.15, 0.2) is 0 Å². The highest BCUT2D eigenvalue weighted by molar-refractivity contribution is 7.90. The molecule has 38 heavy (non-hydrogen) atoms. The number of nitrogens with two attached hydrogens (primary N) is 1. The monoisotopic (exact) mass is 531 g/mol. The van der Waals surface area contributed by atoms with Crippen molar-refractivity contribution < 1.29 is 22.7 Å². The first kappa shape index (κ1) is 26.3. The summed E-state index contributed by atoms with van der Waals surface area (Å²) in [5, 5.41) is 2.79. The van der Waals surface area contributed by atoms with Crippen LogP contribution in [0.4, 0.5) is 5.69 Å². The van der Waals surface area contributed by atoms with E-state index < -0.39 is 15.9 Å². The van der Waals surface area contributed by atoms with Crippen LogP contribution in [0.25, 0.3) is 0 Å². The number of aryl methyl sites for hydroxylation is 2. The molecule has 3 N–H and O–H groups in total. The molecule has 2 heterocycles. The molecule has 0 saturated heterocycles. The Morgan fingerprint density at radius 3 is 2.47 bits per heavy atom. The van der Waals surface area contributed by atoms with E-state index in [2.05, 4.69) is 14.7 Å². The van der Waals surface area contributed by atoms with E-state index >= 15 is 0 Å². The van der Waals surface area contributed by atoms with Crippen LogP contribution in [0.2, 0.25) is 0 Å². The van der Waals surface area contributed by atoms with Crippen LogP contribution < -0.4 is 21.3 Å². The minimum atomic E-state index is -4.04. The van der Waals surface area contributed by atoms with E-state index in [1.807, 2.05) is 6.92 Å². The van der Waals surface area contributed by atoms with Crippen LogP contribution in [0.3, 0.4) is 0 Å². The number of hydrogen-bond acceptors (Lipinski definition) is 6. The molecule has 0 unspecified atom stereocenters. The lowest BCUT2D eigenvalue weighted by Crippen LogP contribution is -2.28. The van der Waals surface area contributed by atoms with Crippen LogP contribution in [0.15, 0.2) is 94.5 Å². The number of anilines is 1. The van der Waals surface area contributed by atoms with Crippen molar-refractivity contribution in [2.45, 2.75) is 25.3 Å². The number of benzene rings is 2. The van der Waals surface area contributed by atoms with Crippen LogP contribution in [-0.2, 0) is 21.4 Å². The predicted molar refractivity (Wildman–Crippen MR) is 141 cm³/mol. The van der Waals surface area contributed by atoms with Crippen molar-refractivity contribution >= 4 is 27.5 Å². The number of nitrogens with zero attached hydrogens (tertiary/aromatic N) is 3. The molecule has 0 aliphatic heterocycles. The third-order valence-electron chi connectivity index (χ3n) is 5.38. The number of primary amides is 1. The lowest BCUT2D eigenvalue weighted by Gasteiger charge is -2.12. The summed E-state index contributed by atoms with van der Waals surface area (Å²) in [5.74, 6) is -0.365. The molecule has 4 aromatic rings. The fourth-order valence-corrected chi connectivity index (χ4v) is 4.52. The highest BCUT2D eigenvalue weighted by atomic mass is 32.2. The lowest BCUT2D eigenvalue weighted by atomic mass is 10.2. The van der Waals surface area contributed by atoms with E-state index in [1.54, 1.807) is 61.7 Å². The summed E-state index contributed by atoms with van der Waals surface area (Å²) in [7, 11) is -4.04. The Kier molecular flexibility index (Phi) is 7.68. The SMILES string of the molecule is Cc1ccc(S(=O)(=O)/N=c2/ccc(Oc3cccc(NC(=O)c4ncccc4C)c3)cn2CC(N)=O)cc1. The number of ether oxygens (including phenoxy) is 1. The molecule has 4 rings (SSSR count). The molecule has 0 bridgehead atoms. The second-order valence-electron chi connectivity index (χ2n) is 8.45. The maximum Gasteiger partial charge on any atom is 0.284 e. The summed E-state index contributed by atoms with van der Waals surface area (Å²) in [6, 6.07) is 19.5. The molecule has 0 spiro atoms. The van der Waals surface area contributed by atoms with Crippen LogP contribution in [0.5, 0.6) is 11.5 Å². The summed E-state index contributed by atoms with van der Waals surface area (Å²) < 4.78 is 36.7. The average Bonchev–Trinajstić information content (AvgIpc) is 2.86. The van der Waals surface area contributed by atoms with Gasteiger partial charge < -0.3 is 20.4 Å². The van der Waals surface area contributed by atoms with Gasteiger partial charge in [-0.05, 0) is 61.9 Å². The molecule has 0 aliphatic carbocycles. The van der Waals surface area contributed by atoms with E-state index in [4.69, 9.17) is 10.5 Å². The van der Waals surface area contributed by atoms with Gasteiger partial charge in [-0.1, -0.05) is 29.8 Å². The molecule has 0 atom stereocenters. The maximum atomic E-state index is 12.8. The van der Waals surface area contributed by atoms with Gasteiger partial charge in [-0.3, -0.25) is 14.6 Å². The van der Waals surface area contributed by atoms with Crippen molar-refractivity contribution in [3.8, 4) is 11.5 Å². The summed E-state index contributed by atoms with van der Waals surface area (Å²) in [4.78, 5) is 28.4. The molecule has 2 amide bonds. The van der Waals surface area contributed by atoms with Gasteiger partial charge in [0, 0.05) is 24.1 Å². The Labute approximate surface area is 219 Å². The van der Waals surface area contributed by atoms with Gasteiger partial charge in [0.05, 0.1) is 4.90 Å². The zero-order valence-corrected chi connectivity index (χ0v) is 21.5. The van der Waals surface area contributed by atoms with Gasteiger partial charge in [-0.2, -0.15) is 8.42 Å². The van der Waals surface area contributed by atoms with Crippen molar-refractivity contribution in [1.29, 1.82) is 0 Å². The van der Waals surface area contributed by atoms with Crippen molar-refractivity contribution in [3.63, 3.8) is 0 Å². The van der Waals surface area contributed by atoms with Crippen LogP contribution in [0.1, 0.15) is 21.6 Å². The minimum Gasteiger partial charge on any atom is -0.456 e. The highest BCUT2D eigenvalue weighted by Gasteiger charge is 2.14. The Morgan fingerprint density at radius 2 is 1.76 bits per heavy atom. The van der Waals surface area contributed by atoms with E-state index in [9.17, 15) is 18.0 Å². The smallest absolute Gasteiger partial charge is 0.284 e. The third kappa shape index (κ3) is 6.51. The van der Waals surface area contributed by atoms with Gasteiger partial charge in [-0.25, -0.2) is 0 Å². The summed E-state index contributed by atoms with van der Waals surface area (Å²) in [5.41, 5.74) is 7.82. The Balaban J connectivity index is 1.60. The molecule has 0 aliphatic rings. The normalized spacial score (nSPS) is 11.7. The first-order chi connectivity index (χ1) is 18.1. The maximum absolute atomic E-state index is 12.8. The molecule has 0 radical (unpaired) electrons. The Hall–Kier alpha value is -4.77. The zero-order valence-electron chi connectivity index (χ0n) is 20.7. The van der Waals surface area contributed by atoms with Gasteiger partial charge in [0.1, 0.15) is 29.2 Å². The second kappa shape index (κ2) is 11.1. The lowest BCUT2D eigenvalue weighted by molar-refractivity contribution is -0.118. The number of sulfonamides is 1. The molecule has 2 aromatic carbocycles. The number of aromatic nitrogens is 2. The molecule has 0 fully saturated rings. The average molecular weight is 532 g/mol. The van der Waals surface area contributed by atoms with E-state index in [0.717, 1.165) is 11.1 Å². The van der Waals surface area contributed by atoms with Crippen LogP contribution >= 0.6 is 0 Å². The summed E-state index contributed by atoms with van der Waals surface area (Å²) in [6.07, 6.45) is 2.97. The van der Waals surface area contributed by atoms with Crippen molar-refractivity contribution in [2.75, 3.05) is 5.32 Å². The molecule has 10 nitrogen and oxygen atoms in total. The first-order valence-corrected chi connectivity index (χ1v) is 12.9. The summed E-state index contributed by atoms with van der Waals surface area (Å²) >= 11 is 0. The highest BCUT2D eigenvalue weighted by Crippen LogP contribution is 2.24. The van der Waals surface area contributed by atoms with Gasteiger partial charge in [0.25, 0.3) is 15.9 Å². The fourth-order valence-electron chi connectivity index (χ4n) is 3.53. The van der Waals surface area contributed by atoms with Crippen molar-refractivity contribution in [2.24, 2.45) is 10.1 Å². The number of hydrogen-bond donors (Lipinski definition) is 2. The Morgan fingerprint density at radius 1 is 1.00 bits per heavy atom. The molecular weight excluding hydrogens is 506 g/mol. The predicted octanol–water partition coefficient (Wildman–Crippen LogP) is 3.32. The molecule has 11 heteroatoms. The van der Waals surface area contributed by atoms with Gasteiger partial charge >= 0.3 is 0 Å². The van der Waals surface area contributed by atoms with Gasteiger partial charge in [0.2, 0.25) is 5.91 Å². The van der Waals surface area contributed by atoms with E-state index in [1.165, 1.54) is 35.0 Å². The molecule has 194 valence electrons. The number of nitrogens with one attached hydrogen (secondary N) is 1. The standard InChI is InChI=1S/C27H25N5O5S/c1-18-8-11-23(12-9-18)38(35,36)31-25-13-10-22(16-32(25)17-24(28)33)37-21-7-3-6-20(15-21)30-27(34)26-19(2)5-4-14-29-26/h3-16H,17H2,1-2H3,(H2,28,33)(H,30,34)/b31-25-. The molecular formula is C27H25N5O5S. The van der Waals surface area contributed by atoms with Crippen LogP contribution in [-0.4, -0.2) is 29.8 Å². The van der Waals surface area contributed by atoms with E-state index in [-0.39, 0.29) is 22.8 Å². The molecule has 0 saturated carbocycles. The number of pyridine rings is 2. The first-order valence-electron chi connectivity index (χ1n) is 11.5. The van der Waals surface area contributed by atoms with Crippen LogP contribution in [0, 0.1) is 13.8 Å². The number of carbonyl (C=O) groups excluding carboxylic acids is 2. The summed E-state index contributed by atoms with van der Waals surface area (Å²) in [6.45, 7) is 3.32. The largest absolute Gasteiger partial charge is 0.456 e. The zero-order chi connectivity index (χ0) is 27.3. The third-order valence-corrected chi connectivity index (χ3v) is 6.68. The fraction of sp³-hybridized carbons (Fsp3) is 0.111. The second-order valence-corrected chi connectivity index (χ2v) is 10.1. The van der Waals surface area contributed by atoms with Crippen molar-refractivity contribution in [1.82, 2.24) is 9.55 Å². The van der Waals surface area contributed by atoms with E-state index in [0.29, 0.717) is 22.9 Å². The minimum absolute atomic E-state index is 0.00321. The number of rotatable bonds is 8. The number of carbonyl (C=O) groups is 2. The number of amides is 2. The molecule has 2 aromatic heterocycles. The Bertz CT molecular complexity index is 1680. The topological polar surface area (TPSA) is 146 Å². The van der Waals surface area contributed by atoms with Gasteiger partial charge in [-0.15, -0.1) is 4.40 Å².